The zero-order chi connectivity index (χ0) is 92.8. The van der Waals surface area contributed by atoms with Crippen molar-refractivity contribution in [3.8, 4) is 56.9 Å². The maximum atomic E-state index is 8.63. The molecule has 20 aromatic rings. The zero-order valence-corrected chi connectivity index (χ0v) is 88.6. The van der Waals surface area contributed by atoms with Crippen LogP contribution >= 0.6 is 66.5 Å². The molecule has 22 heteroatoms. The van der Waals surface area contributed by atoms with Crippen LogP contribution in [-0.4, -0.2) is 162 Å². The molecule has 2 aromatic heterocycles. The Morgan fingerprint density at radius 2 is 0.343 bits per heavy atom. The van der Waals surface area contributed by atoms with Crippen molar-refractivity contribution in [2.45, 2.75) is 0 Å². The minimum atomic E-state index is -1.41. The molecule has 0 aliphatic rings. The van der Waals surface area contributed by atoms with E-state index in [4.69, 9.17) is 54.9 Å². The molecule has 0 spiro atoms. The van der Waals surface area contributed by atoms with E-state index in [0.717, 1.165) is 34.3 Å². The third kappa shape index (κ3) is 35.0. The first kappa shape index (κ1) is 109. The number of nitrogens with zero attached hydrogens (tertiary/aromatic N) is 6. The molecule has 137 heavy (non-hydrogen) atoms. The maximum Gasteiger partial charge on any atom is 0.488 e. The van der Waals surface area contributed by atoms with Gasteiger partial charge in [0.1, 0.15) is 0 Å². The molecule has 0 fully saturated rings. The number of benzene rings is 18. The first-order chi connectivity index (χ1) is 66.0. The van der Waals surface area contributed by atoms with E-state index in [1.807, 2.05) is 146 Å². The van der Waals surface area contributed by atoms with Gasteiger partial charge in [0.15, 0.2) is 29.1 Å². The first-order valence-electron chi connectivity index (χ1n) is 42.8. The summed E-state index contributed by atoms with van der Waals surface area (Å²) in [5.41, 5.74) is 5.10. The molecule has 0 amide bonds. The normalized spacial score (nSPS) is 10.1. The van der Waals surface area contributed by atoms with Gasteiger partial charge in [0.2, 0.25) is 5.28 Å². The van der Waals surface area contributed by atoms with Gasteiger partial charge >= 0.3 is 7.12 Å². The van der Waals surface area contributed by atoms with Gasteiger partial charge in [-0.3, -0.25) is 0 Å². The maximum absolute atomic E-state index is 8.63. The van der Waals surface area contributed by atoms with Crippen LogP contribution < -0.4 is 69.1 Å². The number of hydrogen-bond donors (Lipinski definition) is 3. The van der Waals surface area contributed by atoms with Gasteiger partial charge < -0.3 is 19.7 Å². The molecule has 0 atom stereocenters. The smallest absolute Gasteiger partial charge is 0.488 e. The molecule has 18 aromatic carbocycles. The molecule has 2 heterocycles. The quantitative estimate of drug-likeness (QED) is 0.0232. The van der Waals surface area contributed by atoms with Gasteiger partial charge in [0, 0.05) is 161 Å². The summed E-state index contributed by atoms with van der Waals surface area (Å²) in [4.78, 5) is 38.1. The van der Waals surface area contributed by atoms with E-state index in [1.54, 1.807) is 24.3 Å². The molecule has 0 aliphatic heterocycles. The van der Waals surface area contributed by atoms with Crippen LogP contribution in [0.15, 0.2) is 534 Å². The minimum Gasteiger partial charge on any atom is -0.509 e. The molecule has 3 N–H and O–H groups in total. The second-order valence-corrected chi connectivity index (χ2v) is 39.1. The van der Waals surface area contributed by atoms with Gasteiger partial charge in [-0.1, -0.05) is 521 Å². The Hall–Kier alpha value is -10.1. The summed E-state index contributed by atoms with van der Waals surface area (Å²) in [7, 11) is -3.19. The fourth-order valence-electron chi connectivity index (χ4n) is 13.7. The fourth-order valence-corrected chi connectivity index (χ4v) is 23.3. The van der Waals surface area contributed by atoms with E-state index < -0.39 is 38.8 Å². The average Bonchev–Trinajstić information content (AvgIpc) is 0.791. The number of rotatable bonds is 19. The van der Waals surface area contributed by atoms with Gasteiger partial charge in [-0.25, -0.2) is 25.2 Å². The SMILES string of the molecule is Clc1ccc(-c2nc(-c3ccccc3)nc(-c3ccccc3)n2)cc1.Clc1nc(-c2ccccc2)nc(-c2ccccc2)n1.O=[C-]OO.OB(O)c1ccc(Cl)cc1.[K].[K].[Pd].c1ccc(P(c2ccccc2)c2ccccc2)cc1.c1ccc(P(c2ccccc2)c2ccccc2)cc1.c1ccc(P(c2ccccc2)c2ccccc2)cc1.c1ccc(P(c2ccccc2)c2ccccc2)cc1. The van der Waals surface area contributed by atoms with Crippen molar-refractivity contribution in [3.05, 3.63) is 549 Å². The summed E-state index contributed by atoms with van der Waals surface area (Å²) in [6, 6.07) is 182. The van der Waals surface area contributed by atoms with E-state index in [1.165, 1.54) is 63.7 Å². The minimum absolute atomic E-state index is 0. The number of carbonyl (C=O) groups excluding carboxylic acids is 1. The molecule has 668 valence electrons. The van der Waals surface area contributed by atoms with Crippen molar-refractivity contribution in [3.63, 3.8) is 0 Å². The number of halogens is 3. The Kier molecular flexibility index (Phi) is 48.8. The van der Waals surface area contributed by atoms with Crippen LogP contribution in [-0.2, 0) is 30.1 Å². The predicted octanol–water partition coefficient (Wildman–Crippen LogP) is 22.0. The molecule has 2 radical (unpaired) electrons. The Bertz CT molecular complexity index is 5770. The first-order valence-corrected chi connectivity index (χ1v) is 49.3. The molecular formula is C115H91BCl3K2N6O5P4Pd-. The molecular weight excluding hydrogens is 1970 g/mol. The standard InChI is InChI=1S/C21H14ClN3.4C18H15P.C15H10ClN3.C6H6BClO2.CHO3.2K.Pd/c22-18-13-11-17(12-14-18)21-24-19(15-7-3-1-4-8-15)23-20(25-21)16-9-5-2-6-10-16;4*1-4-10-16(11-5-1)19(17-12-6-2-7-13-17)18-14-8-3-9-15-18;16-15-18-13(11-7-3-1-4-8-11)17-14(19-15)12-9-5-2-6-10-12;8-6-3-1-5(2-4-6)7(9)10;2-1-4-3;;;/h1-14H;4*1-15H;1-10H;1-4,9-10H;3H;;;/q;;;;;;;-1;;;. The average molecular weight is 2060 g/mol. The van der Waals surface area contributed by atoms with E-state index in [0.29, 0.717) is 44.6 Å². The largest absolute Gasteiger partial charge is 0.509 e. The van der Waals surface area contributed by atoms with Gasteiger partial charge in [0.25, 0.3) is 0 Å². The molecule has 0 bridgehead atoms. The van der Waals surface area contributed by atoms with Crippen molar-refractivity contribution in [2.24, 2.45) is 0 Å². The third-order valence-corrected chi connectivity index (χ3v) is 30.3. The van der Waals surface area contributed by atoms with E-state index >= 15 is 0 Å². The Morgan fingerprint density at radius 3 is 0.489 bits per heavy atom. The molecule has 11 nitrogen and oxygen atoms in total. The second-order valence-electron chi connectivity index (χ2n) is 29.0. The van der Waals surface area contributed by atoms with Crippen LogP contribution in [0.5, 0.6) is 0 Å². The third-order valence-electron chi connectivity index (χ3n) is 19.9. The van der Waals surface area contributed by atoms with E-state index in [2.05, 4.69) is 399 Å². The summed E-state index contributed by atoms with van der Waals surface area (Å²) in [5, 5.41) is 42.5. The van der Waals surface area contributed by atoms with Crippen LogP contribution in [0.1, 0.15) is 0 Å². The van der Waals surface area contributed by atoms with Gasteiger partial charge in [0.05, 0.1) is 0 Å². The van der Waals surface area contributed by atoms with Gasteiger partial charge in [-0.05, 0) is 155 Å². The van der Waals surface area contributed by atoms with Crippen LogP contribution in [0.4, 0.5) is 0 Å². The molecule has 20 rings (SSSR count). The monoisotopic (exact) mass is 2060 g/mol. The van der Waals surface area contributed by atoms with Crippen molar-refractivity contribution in [2.75, 3.05) is 0 Å². The topological polar surface area (TPSA) is 164 Å². The number of hydrogen-bond acceptors (Lipinski definition) is 11. The van der Waals surface area contributed by atoms with E-state index in [-0.39, 0.29) is 128 Å². The van der Waals surface area contributed by atoms with Crippen LogP contribution in [0.3, 0.4) is 0 Å². The summed E-state index contributed by atoms with van der Waals surface area (Å²) >= 11 is 17.5. The summed E-state index contributed by atoms with van der Waals surface area (Å²) in [6.07, 6.45) is 0. The Labute approximate surface area is 921 Å². The number of aromatic nitrogens is 6. The van der Waals surface area contributed by atoms with Crippen molar-refractivity contribution in [1.29, 1.82) is 0 Å². The zero-order valence-electron chi connectivity index (χ0n) is 75.0. The van der Waals surface area contributed by atoms with Crippen LogP contribution in [0.2, 0.25) is 15.3 Å². The van der Waals surface area contributed by atoms with Crippen molar-refractivity contribution in [1.82, 2.24) is 29.9 Å². The summed E-state index contributed by atoms with van der Waals surface area (Å²) < 4.78 is 0. The fraction of sp³-hybridized carbons (Fsp3) is 0. The van der Waals surface area contributed by atoms with Crippen molar-refractivity contribution >= 4 is 252 Å². The van der Waals surface area contributed by atoms with E-state index in [9.17, 15) is 0 Å². The Morgan fingerprint density at radius 1 is 0.212 bits per heavy atom. The van der Waals surface area contributed by atoms with Crippen LogP contribution in [0, 0.1) is 0 Å². The molecule has 0 saturated carbocycles. The molecule has 0 aliphatic carbocycles. The second kappa shape index (κ2) is 61.4. The Balaban J connectivity index is 0.000000165. The molecule has 0 saturated heterocycles. The van der Waals surface area contributed by atoms with Crippen molar-refractivity contribution < 1.29 is 45.4 Å². The summed E-state index contributed by atoms with van der Waals surface area (Å²) in [6.45, 7) is 0.736. The summed E-state index contributed by atoms with van der Waals surface area (Å²) in [5.74, 6) is 3.10. The van der Waals surface area contributed by atoms with Gasteiger partial charge in [-0.15, -0.1) is 0 Å². The van der Waals surface area contributed by atoms with Gasteiger partial charge in [-0.2, -0.15) is 9.97 Å². The molecule has 0 unspecified atom stereocenters. The predicted molar refractivity (Wildman–Crippen MR) is 580 cm³/mol. The van der Waals surface area contributed by atoms with Crippen LogP contribution in [0.25, 0.3) is 56.9 Å².